The van der Waals surface area contributed by atoms with Gasteiger partial charge in [-0.1, -0.05) is 6.07 Å². The average Bonchev–Trinajstić information content (AvgIpc) is 2.47. The minimum Gasteiger partial charge on any atom is -0.467 e. The molecule has 0 amide bonds. The zero-order chi connectivity index (χ0) is 15.1. The molecule has 1 aliphatic heterocycles. The van der Waals surface area contributed by atoms with Crippen molar-refractivity contribution in [3.63, 3.8) is 0 Å². The molecule has 1 unspecified atom stereocenters. The average molecular weight is 357 g/mol. The second-order valence-electron chi connectivity index (χ2n) is 5.19. The Bertz CT molecular complexity index is 456. The summed E-state index contributed by atoms with van der Waals surface area (Å²) in [5.74, 6) is -0.352. The zero-order valence-electron chi connectivity index (χ0n) is 12.2. The van der Waals surface area contributed by atoms with Crippen molar-refractivity contribution >= 4 is 21.9 Å². The normalized spacial score (nSPS) is 23.1. The summed E-state index contributed by atoms with van der Waals surface area (Å²) in [6.07, 6.45) is 5.67. The molecule has 1 aromatic rings. The lowest BCUT2D eigenvalue weighted by Gasteiger charge is -2.35. The van der Waals surface area contributed by atoms with Crippen LogP contribution < -0.4 is 5.32 Å². The van der Waals surface area contributed by atoms with Gasteiger partial charge < -0.3 is 14.8 Å². The summed E-state index contributed by atoms with van der Waals surface area (Å²) < 4.78 is 11.5. The fourth-order valence-electron chi connectivity index (χ4n) is 2.62. The van der Waals surface area contributed by atoms with Gasteiger partial charge in [-0.15, -0.1) is 0 Å². The van der Waals surface area contributed by atoms with Crippen LogP contribution in [-0.4, -0.2) is 37.8 Å². The van der Waals surface area contributed by atoms with Gasteiger partial charge in [0.1, 0.15) is 11.2 Å². The zero-order valence-corrected chi connectivity index (χ0v) is 13.8. The fraction of sp³-hybridized carbons (Fsp3) is 0.600. The second-order valence-corrected chi connectivity index (χ2v) is 6.00. The topological polar surface area (TPSA) is 60.5 Å². The Hall–Kier alpha value is -0.980. The van der Waals surface area contributed by atoms with Crippen molar-refractivity contribution in [1.82, 2.24) is 10.3 Å². The SMILES string of the molecule is COC(=O)COC1(c2ccc(Br)nc2)CCCCNCC1. The van der Waals surface area contributed by atoms with Crippen LogP contribution >= 0.6 is 15.9 Å². The molecular formula is C15H21BrN2O3. The van der Waals surface area contributed by atoms with E-state index in [1.807, 2.05) is 18.3 Å². The van der Waals surface area contributed by atoms with Crippen molar-refractivity contribution < 1.29 is 14.3 Å². The number of rotatable bonds is 4. The van der Waals surface area contributed by atoms with Gasteiger partial charge in [-0.05, 0) is 60.8 Å². The van der Waals surface area contributed by atoms with Gasteiger partial charge >= 0.3 is 5.97 Å². The third kappa shape index (κ3) is 4.49. The number of esters is 1. The van der Waals surface area contributed by atoms with Crippen LogP contribution in [0, 0.1) is 0 Å². The second kappa shape index (κ2) is 7.87. The van der Waals surface area contributed by atoms with E-state index in [4.69, 9.17) is 9.47 Å². The molecule has 1 aliphatic rings. The van der Waals surface area contributed by atoms with Crippen molar-refractivity contribution in [3.8, 4) is 0 Å². The van der Waals surface area contributed by atoms with E-state index in [1.165, 1.54) is 7.11 Å². The van der Waals surface area contributed by atoms with E-state index in [-0.39, 0.29) is 12.6 Å². The maximum absolute atomic E-state index is 11.4. The van der Waals surface area contributed by atoms with E-state index < -0.39 is 5.60 Å². The molecule has 5 nitrogen and oxygen atoms in total. The molecule has 1 fully saturated rings. The number of hydrogen-bond donors (Lipinski definition) is 1. The van der Waals surface area contributed by atoms with Gasteiger partial charge in [-0.2, -0.15) is 0 Å². The van der Waals surface area contributed by atoms with Crippen LogP contribution in [0.4, 0.5) is 0 Å². The molecule has 2 heterocycles. The number of nitrogens with zero attached hydrogens (tertiary/aromatic N) is 1. The Labute approximate surface area is 133 Å². The van der Waals surface area contributed by atoms with Gasteiger partial charge in [-0.25, -0.2) is 9.78 Å². The highest BCUT2D eigenvalue weighted by Crippen LogP contribution is 2.35. The molecule has 0 bridgehead atoms. The number of hydrogen-bond acceptors (Lipinski definition) is 5. The quantitative estimate of drug-likeness (QED) is 0.662. The lowest BCUT2D eigenvalue weighted by atomic mass is 9.85. The smallest absolute Gasteiger partial charge is 0.331 e. The van der Waals surface area contributed by atoms with Crippen LogP contribution in [0.3, 0.4) is 0 Å². The summed E-state index contributed by atoms with van der Waals surface area (Å²) >= 11 is 3.35. The van der Waals surface area contributed by atoms with Gasteiger partial charge in [0, 0.05) is 11.8 Å². The summed E-state index contributed by atoms with van der Waals surface area (Å²) in [7, 11) is 1.37. The first kappa shape index (κ1) is 16.4. The third-order valence-electron chi connectivity index (χ3n) is 3.84. The van der Waals surface area contributed by atoms with Crippen molar-refractivity contribution in [1.29, 1.82) is 0 Å². The molecule has 116 valence electrons. The molecule has 0 spiro atoms. The lowest BCUT2D eigenvalue weighted by molar-refractivity contribution is -0.155. The third-order valence-corrected chi connectivity index (χ3v) is 4.31. The number of halogens is 1. The molecule has 2 rings (SSSR count). The Balaban J connectivity index is 2.22. The molecule has 0 radical (unpaired) electrons. The Morgan fingerprint density at radius 3 is 2.95 bits per heavy atom. The van der Waals surface area contributed by atoms with Gasteiger partial charge in [0.25, 0.3) is 0 Å². The largest absolute Gasteiger partial charge is 0.467 e. The van der Waals surface area contributed by atoms with E-state index in [2.05, 4.69) is 26.2 Å². The predicted octanol–water partition coefficient (Wildman–Crippen LogP) is 2.39. The summed E-state index contributed by atoms with van der Waals surface area (Å²) in [5.41, 5.74) is 0.535. The Kier molecular flexibility index (Phi) is 6.14. The Morgan fingerprint density at radius 2 is 2.24 bits per heavy atom. The number of aromatic nitrogens is 1. The first-order valence-electron chi connectivity index (χ1n) is 7.20. The van der Waals surface area contributed by atoms with E-state index in [1.54, 1.807) is 0 Å². The lowest BCUT2D eigenvalue weighted by Crippen LogP contribution is -2.38. The van der Waals surface area contributed by atoms with Crippen molar-refractivity contribution in [2.45, 2.75) is 31.3 Å². The van der Waals surface area contributed by atoms with Gasteiger partial charge in [0.2, 0.25) is 0 Å². The minimum atomic E-state index is -0.477. The maximum atomic E-state index is 11.4. The Morgan fingerprint density at radius 1 is 1.38 bits per heavy atom. The summed E-state index contributed by atoms with van der Waals surface area (Å²) in [5, 5.41) is 3.40. The first-order chi connectivity index (χ1) is 10.2. The molecule has 0 aliphatic carbocycles. The molecule has 6 heteroatoms. The number of pyridine rings is 1. The van der Waals surface area contributed by atoms with Crippen LogP contribution in [0.5, 0.6) is 0 Å². The highest BCUT2D eigenvalue weighted by atomic mass is 79.9. The molecule has 0 saturated carbocycles. The van der Waals surface area contributed by atoms with E-state index in [0.29, 0.717) is 0 Å². The molecule has 1 N–H and O–H groups in total. The molecule has 0 aromatic carbocycles. The van der Waals surface area contributed by atoms with Gasteiger partial charge in [-0.3, -0.25) is 0 Å². The molecular weight excluding hydrogens is 336 g/mol. The molecule has 1 atom stereocenters. The van der Waals surface area contributed by atoms with E-state index >= 15 is 0 Å². The van der Waals surface area contributed by atoms with Crippen molar-refractivity contribution in [3.05, 3.63) is 28.5 Å². The van der Waals surface area contributed by atoms with Crippen LogP contribution in [0.15, 0.2) is 22.9 Å². The number of carbonyl (C=O) groups excluding carboxylic acids is 1. The summed E-state index contributed by atoms with van der Waals surface area (Å²) in [6, 6.07) is 3.92. The standard InChI is InChI=1S/C15H21BrN2O3/c1-20-14(19)11-21-15(6-2-3-8-17-9-7-15)12-4-5-13(16)18-10-12/h4-5,10,17H,2-3,6-9,11H2,1H3. The molecule has 21 heavy (non-hydrogen) atoms. The van der Waals surface area contributed by atoms with Crippen molar-refractivity contribution in [2.75, 3.05) is 26.8 Å². The number of carbonyl (C=O) groups is 1. The van der Waals surface area contributed by atoms with Crippen LogP contribution in [-0.2, 0) is 19.9 Å². The van der Waals surface area contributed by atoms with E-state index in [0.717, 1.165) is 48.9 Å². The van der Waals surface area contributed by atoms with Crippen molar-refractivity contribution in [2.24, 2.45) is 0 Å². The summed E-state index contributed by atoms with van der Waals surface area (Å²) in [4.78, 5) is 15.8. The molecule has 1 saturated heterocycles. The van der Waals surface area contributed by atoms with Gasteiger partial charge in [0.05, 0.1) is 12.7 Å². The fourth-order valence-corrected chi connectivity index (χ4v) is 2.85. The number of methoxy groups -OCH3 is 1. The van der Waals surface area contributed by atoms with Crippen LogP contribution in [0.25, 0.3) is 0 Å². The monoisotopic (exact) mass is 356 g/mol. The highest BCUT2D eigenvalue weighted by molar-refractivity contribution is 9.10. The summed E-state index contributed by atoms with van der Waals surface area (Å²) in [6.45, 7) is 1.86. The highest BCUT2D eigenvalue weighted by Gasteiger charge is 2.34. The van der Waals surface area contributed by atoms with Crippen LogP contribution in [0.2, 0.25) is 0 Å². The van der Waals surface area contributed by atoms with E-state index in [9.17, 15) is 4.79 Å². The first-order valence-corrected chi connectivity index (χ1v) is 7.99. The minimum absolute atomic E-state index is 0.0352. The van der Waals surface area contributed by atoms with Gasteiger partial charge in [0.15, 0.2) is 0 Å². The maximum Gasteiger partial charge on any atom is 0.331 e. The number of ether oxygens (including phenoxy) is 2. The van der Waals surface area contributed by atoms with Crippen LogP contribution in [0.1, 0.15) is 31.2 Å². The molecule has 1 aromatic heterocycles. The number of nitrogens with one attached hydrogen (secondary N) is 1. The predicted molar refractivity (Wildman–Crippen MR) is 82.9 cm³/mol.